The third-order valence-corrected chi connectivity index (χ3v) is 4.68. The van der Waals surface area contributed by atoms with Crippen molar-refractivity contribution in [3.8, 4) is 0 Å². The lowest BCUT2D eigenvalue weighted by Crippen LogP contribution is -2.41. The highest BCUT2D eigenvalue weighted by Crippen LogP contribution is 2.26. The average Bonchev–Trinajstić information content (AvgIpc) is 3.12. The van der Waals surface area contributed by atoms with Gasteiger partial charge in [-0.3, -0.25) is 9.69 Å². The Balaban J connectivity index is 1.69. The van der Waals surface area contributed by atoms with Crippen molar-refractivity contribution < 1.29 is 9.21 Å². The van der Waals surface area contributed by atoms with Crippen LogP contribution >= 0.6 is 0 Å². The average molecular weight is 312 g/mol. The zero-order valence-electron chi connectivity index (χ0n) is 13.6. The molecule has 0 bridgehead atoms. The van der Waals surface area contributed by atoms with Gasteiger partial charge in [-0.05, 0) is 43.5 Å². The van der Waals surface area contributed by atoms with E-state index in [1.54, 1.807) is 6.07 Å². The van der Waals surface area contributed by atoms with E-state index < -0.39 is 0 Å². The summed E-state index contributed by atoms with van der Waals surface area (Å²) in [4.78, 5) is 14.7. The molecular formula is C19H24N2O2. The SMILES string of the molecule is CC1CCN(C(CNC(=O)c2ccoc2)c2ccccc2)CC1. The molecular weight excluding hydrogens is 288 g/mol. The molecule has 1 aromatic carbocycles. The van der Waals surface area contributed by atoms with E-state index >= 15 is 0 Å². The molecule has 1 N–H and O–H groups in total. The Morgan fingerprint density at radius 3 is 2.65 bits per heavy atom. The van der Waals surface area contributed by atoms with Gasteiger partial charge in [-0.1, -0.05) is 37.3 Å². The number of hydrogen-bond donors (Lipinski definition) is 1. The molecule has 2 aromatic rings. The van der Waals surface area contributed by atoms with Gasteiger partial charge in [0.25, 0.3) is 5.91 Å². The van der Waals surface area contributed by atoms with Gasteiger partial charge in [0.15, 0.2) is 0 Å². The minimum absolute atomic E-state index is 0.0786. The Bertz CT molecular complexity index is 602. The Morgan fingerprint density at radius 1 is 1.26 bits per heavy atom. The molecule has 1 saturated heterocycles. The summed E-state index contributed by atoms with van der Waals surface area (Å²) in [7, 11) is 0. The number of rotatable bonds is 5. The minimum atomic E-state index is -0.0786. The number of nitrogens with one attached hydrogen (secondary N) is 1. The van der Waals surface area contributed by atoms with Crippen LogP contribution in [-0.2, 0) is 0 Å². The molecule has 1 atom stereocenters. The number of amides is 1. The molecule has 3 rings (SSSR count). The summed E-state index contributed by atoms with van der Waals surface area (Å²) in [6.45, 7) is 5.10. The normalized spacial score (nSPS) is 17.8. The maximum absolute atomic E-state index is 12.2. The summed E-state index contributed by atoms with van der Waals surface area (Å²) < 4.78 is 4.98. The summed E-state index contributed by atoms with van der Waals surface area (Å²) in [5, 5.41) is 3.05. The summed E-state index contributed by atoms with van der Waals surface area (Å²) in [6.07, 6.45) is 5.45. The smallest absolute Gasteiger partial charge is 0.254 e. The topological polar surface area (TPSA) is 45.5 Å². The van der Waals surface area contributed by atoms with Crippen molar-refractivity contribution in [3.63, 3.8) is 0 Å². The second kappa shape index (κ2) is 7.47. The van der Waals surface area contributed by atoms with Crippen molar-refractivity contribution in [2.24, 2.45) is 5.92 Å². The molecule has 4 nitrogen and oxygen atoms in total. The van der Waals surface area contributed by atoms with Crippen LogP contribution in [0, 0.1) is 5.92 Å². The molecule has 1 unspecified atom stereocenters. The third-order valence-electron chi connectivity index (χ3n) is 4.68. The van der Waals surface area contributed by atoms with Gasteiger partial charge in [0.1, 0.15) is 6.26 Å². The molecule has 122 valence electrons. The van der Waals surface area contributed by atoms with E-state index in [-0.39, 0.29) is 11.9 Å². The summed E-state index contributed by atoms with van der Waals surface area (Å²) in [5.74, 6) is 0.716. The van der Waals surface area contributed by atoms with E-state index in [1.807, 2.05) is 6.07 Å². The number of benzene rings is 1. The molecule has 1 amide bonds. The van der Waals surface area contributed by atoms with Crippen molar-refractivity contribution in [1.29, 1.82) is 0 Å². The molecule has 1 aliphatic heterocycles. The second-order valence-electron chi connectivity index (χ2n) is 6.37. The minimum Gasteiger partial charge on any atom is -0.472 e. The van der Waals surface area contributed by atoms with Crippen LogP contribution in [0.2, 0.25) is 0 Å². The lowest BCUT2D eigenvalue weighted by molar-refractivity contribution is 0.0912. The summed E-state index contributed by atoms with van der Waals surface area (Å²) in [5.41, 5.74) is 1.83. The van der Waals surface area contributed by atoms with Crippen molar-refractivity contribution in [1.82, 2.24) is 10.2 Å². The molecule has 0 aliphatic carbocycles. The van der Waals surface area contributed by atoms with Crippen LogP contribution < -0.4 is 5.32 Å². The van der Waals surface area contributed by atoms with Gasteiger partial charge in [0.2, 0.25) is 0 Å². The van der Waals surface area contributed by atoms with Crippen LogP contribution in [0.25, 0.3) is 0 Å². The number of likely N-dealkylation sites (tertiary alicyclic amines) is 1. The van der Waals surface area contributed by atoms with Gasteiger partial charge >= 0.3 is 0 Å². The first-order valence-electron chi connectivity index (χ1n) is 8.33. The molecule has 23 heavy (non-hydrogen) atoms. The molecule has 1 aliphatic rings. The van der Waals surface area contributed by atoms with E-state index in [1.165, 1.54) is 30.9 Å². The largest absolute Gasteiger partial charge is 0.472 e. The molecule has 1 aromatic heterocycles. The predicted molar refractivity (Wildman–Crippen MR) is 90.2 cm³/mol. The second-order valence-corrected chi connectivity index (χ2v) is 6.37. The van der Waals surface area contributed by atoms with Gasteiger partial charge in [-0.15, -0.1) is 0 Å². The van der Waals surface area contributed by atoms with Gasteiger partial charge in [0, 0.05) is 6.54 Å². The number of piperidine rings is 1. The van der Waals surface area contributed by atoms with E-state index in [0.29, 0.717) is 12.1 Å². The van der Waals surface area contributed by atoms with Crippen molar-refractivity contribution >= 4 is 5.91 Å². The highest BCUT2D eigenvalue weighted by molar-refractivity contribution is 5.93. The van der Waals surface area contributed by atoms with Crippen molar-refractivity contribution in [3.05, 3.63) is 60.1 Å². The first kappa shape index (κ1) is 15.8. The monoisotopic (exact) mass is 312 g/mol. The zero-order chi connectivity index (χ0) is 16.1. The quantitative estimate of drug-likeness (QED) is 0.919. The van der Waals surface area contributed by atoms with Crippen LogP contribution in [0.4, 0.5) is 0 Å². The zero-order valence-corrected chi connectivity index (χ0v) is 13.6. The van der Waals surface area contributed by atoms with Gasteiger partial charge in [-0.2, -0.15) is 0 Å². The summed E-state index contributed by atoms with van der Waals surface area (Å²) in [6, 6.07) is 12.4. The van der Waals surface area contributed by atoms with Crippen molar-refractivity contribution in [2.45, 2.75) is 25.8 Å². The van der Waals surface area contributed by atoms with Crippen LogP contribution in [0.3, 0.4) is 0 Å². The van der Waals surface area contributed by atoms with Crippen LogP contribution in [0.15, 0.2) is 53.3 Å². The van der Waals surface area contributed by atoms with E-state index in [0.717, 1.165) is 19.0 Å². The number of hydrogen-bond acceptors (Lipinski definition) is 3. The van der Waals surface area contributed by atoms with Crippen LogP contribution in [0.1, 0.15) is 41.7 Å². The molecule has 0 spiro atoms. The molecule has 0 radical (unpaired) electrons. The van der Waals surface area contributed by atoms with Gasteiger partial charge in [0.05, 0.1) is 17.9 Å². The van der Waals surface area contributed by atoms with E-state index in [9.17, 15) is 4.79 Å². The fourth-order valence-electron chi connectivity index (χ4n) is 3.16. The fourth-order valence-corrected chi connectivity index (χ4v) is 3.16. The van der Waals surface area contributed by atoms with E-state index in [4.69, 9.17) is 4.42 Å². The third kappa shape index (κ3) is 4.02. The molecule has 4 heteroatoms. The summed E-state index contributed by atoms with van der Waals surface area (Å²) >= 11 is 0. The first-order valence-corrected chi connectivity index (χ1v) is 8.33. The van der Waals surface area contributed by atoms with Gasteiger partial charge in [-0.25, -0.2) is 0 Å². The lowest BCUT2D eigenvalue weighted by Gasteiger charge is -2.37. The number of nitrogens with zero attached hydrogens (tertiary/aromatic N) is 1. The number of carbonyl (C=O) groups is 1. The Hall–Kier alpha value is -2.07. The van der Waals surface area contributed by atoms with E-state index in [2.05, 4.69) is 41.4 Å². The van der Waals surface area contributed by atoms with Gasteiger partial charge < -0.3 is 9.73 Å². The number of carbonyl (C=O) groups excluding carboxylic acids is 1. The van der Waals surface area contributed by atoms with Crippen LogP contribution in [0.5, 0.6) is 0 Å². The highest BCUT2D eigenvalue weighted by atomic mass is 16.3. The van der Waals surface area contributed by atoms with Crippen molar-refractivity contribution in [2.75, 3.05) is 19.6 Å². The standard InChI is InChI=1S/C19H24N2O2/c1-15-7-10-21(11-8-15)18(16-5-3-2-4-6-16)13-20-19(22)17-9-12-23-14-17/h2-6,9,12,14-15,18H,7-8,10-11,13H2,1H3,(H,20,22). The Labute approximate surface area is 137 Å². The molecule has 2 heterocycles. The Morgan fingerprint density at radius 2 is 2.00 bits per heavy atom. The fraction of sp³-hybridized carbons (Fsp3) is 0.421. The first-order chi connectivity index (χ1) is 11.2. The lowest BCUT2D eigenvalue weighted by atomic mass is 9.95. The number of furan rings is 1. The van der Waals surface area contributed by atoms with Crippen LogP contribution in [-0.4, -0.2) is 30.4 Å². The highest BCUT2D eigenvalue weighted by Gasteiger charge is 2.25. The Kier molecular flexibility index (Phi) is 5.13. The molecule has 1 fully saturated rings. The molecule has 0 saturated carbocycles. The maximum Gasteiger partial charge on any atom is 0.254 e. The maximum atomic E-state index is 12.2. The predicted octanol–water partition coefficient (Wildman–Crippen LogP) is 3.48.